The summed E-state index contributed by atoms with van der Waals surface area (Å²) < 4.78 is 2.01. The highest BCUT2D eigenvalue weighted by Crippen LogP contribution is 2.30. The first kappa shape index (κ1) is 21.4. The van der Waals surface area contributed by atoms with Gasteiger partial charge in [0, 0.05) is 17.2 Å². The zero-order chi connectivity index (χ0) is 20.8. The first-order valence-electron chi connectivity index (χ1n) is 9.67. The lowest BCUT2D eigenvalue weighted by Gasteiger charge is -2.18. The minimum atomic E-state index is -0.272. The van der Waals surface area contributed by atoms with Gasteiger partial charge in [-0.1, -0.05) is 66.7 Å². The van der Waals surface area contributed by atoms with E-state index in [0.29, 0.717) is 17.3 Å². The topological polar surface area (TPSA) is 59.8 Å². The molecule has 1 atom stereocenters. The van der Waals surface area contributed by atoms with Crippen LogP contribution in [0.1, 0.15) is 49.7 Å². The standard InChI is InChI=1S/C22H25ClN4OS/c1-4-8-20(28)24-16(3)21-25-26-22(29-14-17-9-6-5-7-10-17)27(21)19-13-18(23)12-11-15(19)2/h5-7,9-13,16H,4,8,14H2,1-3H3,(H,24,28). The molecular formula is C22H25ClN4OS. The van der Waals surface area contributed by atoms with Gasteiger partial charge in [-0.3, -0.25) is 9.36 Å². The average molecular weight is 429 g/mol. The highest BCUT2D eigenvalue weighted by atomic mass is 35.5. The highest BCUT2D eigenvalue weighted by molar-refractivity contribution is 7.98. The molecule has 1 amide bonds. The summed E-state index contributed by atoms with van der Waals surface area (Å²) in [5, 5.41) is 13.3. The second kappa shape index (κ2) is 9.94. The van der Waals surface area contributed by atoms with E-state index in [2.05, 4.69) is 27.6 Å². The number of nitrogens with zero attached hydrogens (tertiary/aromatic N) is 3. The van der Waals surface area contributed by atoms with Crippen molar-refractivity contribution in [2.75, 3.05) is 0 Å². The van der Waals surface area contributed by atoms with Crippen molar-refractivity contribution in [2.24, 2.45) is 0 Å². The van der Waals surface area contributed by atoms with E-state index < -0.39 is 0 Å². The normalized spacial score (nSPS) is 12.0. The zero-order valence-corrected chi connectivity index (χ0v) is 18.4. The van der Waals surface area contributed by atoms with E-state index in [0.717, 1.165) is 28.6 Å². The van der Waals surface area contributed by atoms with Gasteiger partial charge in [-0.15, -0.1) is 10.2 Å². The second-order valence-electron chi connectivity index (χ2n) is 6.92. The summed E-state index contributed by atoms with van der Waals surface area (Å²) >= 11 is 7.90. The Hall–Kier alpha value is -2.31. The third-order valence-corrected chi connectivity index (χ3v) is 5.76. The Labute approximate surface area is 180 Å². The molecule has 1 unspecified atom stereocenters. The second-order valence-corrected chi connectivity index (χ2v) is 8.30. The van der Waals surface area contributed by atoms with Gasteiger partial charge in [-0.05, 0) is 43.5 Å². The number of aromatic nitrogens is 3. The van der Waals surface area contributed by atoms with Gasteiger partial charge in [0.15, 0.2) is 11.0 Å². The predicted octanol–water partition coefficient (Wildman–Crippen LogP) is 5.50. The van der Waals surface area contributed by atoms with Crippen LogP contribution in [0.4, 0.5) is 0 Å². The van der Waals surface area contributed by atoms with Gasteiger partial charge in [-0.25, -0.2) is 0 Å². The number of carbonyl (C=O) groups excluding carboxylic acids is 1. The number of aryl methyl sites for hydroxylation is 1. The minimum absolute atomic E-state index is 0.0101. The maximum Gasteiger partial charge on any atom is 0.220 e. The monoisotopic (exact) mass is 428 g/mol. The number of halogens is 1. The molecular weight excluding hydrogens is 404 g/mol. The molecule has 152 valence electrons. The molecule has 5 nitrogen and oxygen atoms in total. The van der Waals surface area contributed by atoms with Crippen molar-refractivity contribution in [1.29, 1.82) is 0 Å². The fourth-order valence-electron chi connectivity index (χ4n) is 3.03. The van der Waals surface area contributed by atoms with E-state index in [9.17, 15) is 4.79 Å². The Balaban J connectivity index is 1.97. The van der Waals surface area contributed by atoms with Crippen LogP contribution in [-0.2, 0) is 10.5 Å². The molecule has 0 saturated carbocycles. The molecule has 0 bridgehead atoms. The number of carbonyl (C=O) groups is 1. The summed E-state index contributed by atoms with van der Waals surface area (Å²) in [4.78, 5) is 12.1. The van der Waals surface area contributed by atoms with Crippen molar-refractivity contribution >= 4 is 29.3 Å². The number of nitrogens with one attached hydrogen (secondary N) is 1. The summed E-state index contributed by atoms with van der Waals surface area (Å²) in [6.07, 6.45) is 1.29. The van der Waals surface area contributed by atoms with Crippen molar-refractivity contribution in [1.82, 2.24) is 20.1 Å². The first-order chi connectivity index (χ1) is 14.0. The van der Waals surface area contributed by atoms with E-state index in [1.165, 1.54) is 5.56 Å². The Morgan fingerprint density at radius 2 is 1.97 bits per heavy atom. The highest BCUT2D eigenvalue weighted by Gasteiger charge is 2.22. The lowest BCUT2D eigenvalue weighted by atomic mass is 10.2. The van der Waals surface area contributed by atoms with Crippen molar-refractivity contribution < 1.29 is 4.79 Å². The van der Waals surface area contributed by atoms with Crippen LogP contribution in [-0.4, -0.2) is 20.7 Å². The molecule has 29 heavy (non-hydrogen) atoms. The van der Waals surface area contributed by atoms with Gasteiger partial charge in [-0.2, -0.15) is 0 Å². The number of hydrogen-bond donors (Lipinski definition) is 1. The molecule has 3 aromatic rings. The van der Waals surface area contributed by atoms with E-state index in [1.807, 2.05) is 61.7 Å². The minimum Gasteiger partial charge on any atom is -0.346 e. The maximum absolute atomic E-state index is 12.1. The van der Waals surface area contributed by atoms with Crippen molar-refractivity contribution in [3.63, 3.8) is 0 Å². The average Bonchev–Trinajstić information content (AvgIpc) is 3.13. The zero-order valence-electron chi connectivity index (χ0n) is 16.9. The van der Waals surface area contributed by atoms with Crippen molar-refractivity contribution in [3.05, 3.63) is 70.5 Å². The van der Waals surface area contributed by atoms with Crippen LogP contribution in [0, 0.1) is 6.92 Å². The van der Waals surface area contributed by atoms with E-state index >= 15 is 0 Å². The van der Waals surface area contributed by atoms with Gasteiger partial charge in [0.25, 0.3) is 0 Å². The van der Waals surface area contributed by atoms with Crippen LogP contribution in [0.3, 0.4) is 0 Å². The Bertz CT molecular complexity index is 974. The number of hydrogen-bond acceptors (Lipinski definition) is 4. The molecule has 0 radical (unpaired) electrons. The molecule has 1 N–H and O–H groups in total. The molecule has 3 rings (SSSR count). The lowest BCUT2D eigenvalue weighted by Crippen LogP contribution is -2.28. The Morgan fingerprint density at radius 1 is 1.21 bits per heavy atom. The molecule has 1 aromatic heterocycles. The smallest absolute Gasteiger partial charge is 0.220 e. The number of amides is 1. The summed E-state index contributed by atoms with van der Waals surface area (Å²) in [6.45, 7) is 5.95. The van der Waals surface area contributed by atoms with E-state index in [1.54, 1.807) is 11.8 Å². The number of thioether (sulfide) groups is 1. The summed E-state index contributed by atoms with van der Waals surface area (Å²) in [7, 11) is 0. The Kier molecular flexibility index (Phi) is 7.34. The molecule has 0 aliphatic carbocycles. The SMILES string of the molecule is CCCC(=O)NC(C)c1nnc(SCc2ccccc2)n1-c1cc(Cl)ccc1C. The lowest BCUT2D eigenvalue weighted by molar-refractivity contribution is -0.121. The van der Waals surface area contributed by atoms with Gasteiger partial charge in [0.05, 0.1) is 11.7 Å². The molecule has 0 aliphatic rings. The predicted molar refractivity (Wildman–Crippen MR) is 119 cm³/mol. The number of rotatable bonds is 8. The quantitative estimate of drug-likeness (QED) is 0.481. The third kappa shape index (κ3) is 5.40. The van der Waals surface area contributed by atoms with Gasteiger partial charge < -0.3 is 5.32 Å². The summed E-state index contributed by atoms with van der Waals surface area (Å²) in [5.41, 5.74) is 3.19. The fraction of sp³-hybridized carbons (Fsp3) is 0.318. The van der Waals surface area contributed by atoms with Gasteiger partial charge >= 0.3 is 0 Å². The van der Waals surface area contributed by atoms with Crippen LogP contribution in [0.15, 0.2) is 53.7 Å². The largest absolute Gasteiger partial charge is 0.346 e. The summed E-state index contributed by atoms with van der Waals surface area (Å²) in [6, 6.07) is 15.7. The van der Waals surface area contributed by atoms with Crippen LogP contribution in [0.5, 0.6) is 0 Å². The van der Waals surface area contributed by atoms with Gasteiger partial charge in [0.1, 0.15) is 0 Å². The van der Waals surface area contributed by atoms with Crippen LogP contribution in [0.25, 0.3) is 5.69 Å². The summed E-state index contributed by atoms with van der Waals surface area (Å²) in [5.74, 6) is 1.47. The molecule has 0 aliphatic heterocycles. The van der Waals surface area contributed by atoms with E-state index in [4.69, 9.17) is 11.6 Å². The van der Waals surface area contributed by atoms with Crippen LogP contribution in [0.2, 0.25) is 5.02 Å². The number of benzene rings is 2. The van der Waals surface area contributed by atoms with Crippen molar-refractivity contribution in [2.45, 2.75) is 50.6 Å². The molecule has 0 saturated heterocycles. The van der Waals surface area contributed by atoms with Crippen molar-refractivity contribution in [3.8, 4) is 5.69 Å². The molecule has 2 aromatic carbocycles. The Morgan fingerprint density at radius 3 is 2.69 bits per heavy atom. The molecule has 7 heteroatoms. The third-order valence-electron chi connectivity index (χ3n) is 4.52. The van der Waals surface area contributed by atoms with Crippen LogP contribution < -0.4 is 5.32 Å². The molecule has 1 heterocycles. The molecule has 0 fully saturated rings. The first-order valence-corrected chi connectivity index (χ1v) is 11.0. The van der Waals surface area contributed by atoms with E-state index in [-0.39, 0.29) is 11.9 Å². The van der Waals surface area contributed by atoms with Crippen LogP contribution >= 0.6 is 23.4 Å². The van der Waals surface area contributed by atoms with Gasteiger partial charge in [0.2, 0.25) is 5.91 Å². The molecule has 0 spiro atoms. The maximum atomic E-state index is 12.1. The fourth-order valence-corrected chi connectivity index (χ4v) is 4.11.